The second-order valence-corrected chi connectivity index (χ2v) is 5.73. The number of carbonyl (C=O) groups excluding carboxylic acids is 2. The first-order valence-electron chi connectivity index (χ1n) is 7.28. The average molecular weight is 337 g/mol. The largest absolute Gasteiger partial charge is 0.508 e. The van der Waals surface area contributed by atoms with Gasteiger partial charge in [-0.1, -0.05) is 35.9 Å². The van der Waals surface area contributed by atoms with Crippen molar-refractivity contribution in [3.63, 3.8) is 0 Å². The lowest BCUT2D eigenvalue weighted by Gasteiger charge is -2.04. The van der Waals surface area contributed by atoms with Crippen molar-refractivity contribution in [2.24, 2.45) is 0 Å². The van der Waals surface area contributed by atoms with Crippen LogP contribution in [0, 0.1) is 0 Å². The number of aromatic hydroxyl groups is 1. The predicted molar refractivity (Wildman–Crippen MR) is 92.9 cm³/mol. The molecule has 0 aromatic heterocycles. The van der Waals surface area contributed by atoms with Crippen molar-refractivity contribution in [1.29, 1.82) is 0 Å². The highest BCUT2D eigenvalue weighted by Gasteiger charge is 2.12. The molecule has 1 N–H and O–H groups in total. The van der Waals surface area contributed by atoms with Crippen molar-refractivity contribution in [2.45, 2.75) is 0 Å². The summed E-state index contributed by atoms with van der Waals surface area (Å²) in [4.78, 5) is 24.8. The molecule has 0 saturated carbocycles. The number of hydrogen-bond donors (Lipinski definition) is 1. The molecule has 3 aromatic carbocycles. The Hall–Kier alpha value is -2.91. The van der Waals surface area contributed by atoms with Gasteiger partial charge in [-0.05, 0) is 48.5 Å². The number of halogens is 1. The second-order valence-electron chi connectivity index (χ2n) is 5.29. The van der Waals surface area contributed by atoms with Crippen LogP contribution in [0.4, 0.5) is 0 Å². The van der Waals surface area contributed by atoms with Crippen molar-refractivity contribution in [2.75, 3.05) is 0 Å². The van der Waals surface area contributed by atoms with Crippen LogP contribution in [-0.4, -0.2) is 16.7 Å². The Morgan fingerprint density at radius 1 is 0.583 bits per heavy atom. The van der Waals surface area contributed by atoms with Gasteiger partial charge < -0.3 is 5.11 Å². The molecular weight excluding hydrogens is 324 g/mol. The van der Waals surface area contributed by atoms with Gasteiger partial charge in [-0.15, -0.1) is 0 Å². The van der Waals surface area contributed by atoms with Crippen LogP contribution in [0.2, 0.25) is 5.02 Å². The Labute approximate surface area is 144 Å². The van der Waals surface area contributed by atoms with Crippen LogP contribution >= 0.6 is 11.6 Å². The van der Waals surface area contributed by atoms with Crippen molar-refractivity contribution < 1.29 is 14.7 Å². The van der Waals surface area contributed by atoms with Gasteiger partial charge in [0.05, 0.1) is 0 Å². The maximum atomic E-state index is 12.4. The number of benzene rings is 3. The van der Waals surface area contributed by atoms with E-state index in [1.54, 1.807) is 60.7 Å². The first kappa shape index (κ1) is 16.0. The SMILES string of the molecule is O=C(c1ccc(O)cc1)c1ccc(C(=O)c2ccc(Cl)cc2)cc1. The summed E-state index contributed by atoms with van der Waals surface area (Å²) in [7, 11) is 0. The number of phenolic OH excluding ortho intramolecular Hbond substituents is 1. The number of rotatable bonds is 4. The molecule has 24 heavy (non-hydrogen) atoms. The molecule has 0 aliphatic rings. The van der Waals surface area contributed by atoms with Gasteiger partial charge in [0.1, 0.15) is 5.75 Å². The average Bonchev–Trinajstić information content (AvgIpc) is 2.62. The highest BCUT2D eigenvalue weighted by atomic mass is 35.5. The van der Waals surface area contributed by atoms with Crippen LogP contribution in [-0.2, 0) is 0 Å². The molecule has 0 aliphatic carbocycles. The monoisotopic (exact) mass is 336 g/mol. The topological polar surface area (TPSA) is 54.4 Å². The van der Waals surface area contributed by atoms with E-state index in [4.69, 9.17) is 11.6 Å². The van der Waals surface area contributed by atoms with Crippen LogP contribution in [0.15, 0.2) is 72.8 Å². The zero-order valence-electron chi connectivity index (χ0n) is 12.6. The Morgan fingerprint density at radius 2 is 0.875 bits per heavy atom. The maximum absolute atomic E-state index is 12.4. The van der Waals surface area contributed by atoms with Crippen LogP contribution < -0.4 is 0 Å². The highest BCUT2D eigenvalue weighted by Crippen LogP contribution is 2.17. The molecule has 0 bridgehead atoms. The van der Waals surface area contributed by atoms with Crippen LogP contribution in [0.5, 0.6) is 5.75 Å². The Kier molecular flexibility index (Phi) is 4.45. The lowest BCUT2D eigenvalue weighted by Crippen LogP contribution is -2.04. The van der Waals surface area contributed by atoms with E-state index in [9.17, 15) is 14.7 Å². The standard InChI is InChI=1S/C20H13ClO3/c21-17-9-5-15(6-10-17)19(23)13-1-3-14(4-2-13)20(24)16-7-11-18(22)12-8-16/h1-12,22H. The molecule has 0 aliphatic heterocycles. The third kappa shape index (κ3) is 3.36. The van der Waals surface area contributed by atoms with E-state index in [0.717, 1.165) is 0 Å². The Morgan fingerprint density at radius 3 is 1.25 bits per heavy atom. The highest BCUT2D eigenvalue weighted by molar-refractivity contribution is 6.30. The van der Waals surface area contributed by atoms with Gasteiger partial charge in [0.25, 0.3) is 0 Å². The molecule has 0 fully saturated rings. The zero-order valence-corrected chi connectivity index (χ0v) is 13.3. The fourth-order valence-corrected chi connectivity index (χ4v) is 2.45. The van der Waals surface area contributed by atoms with Gasteiger partial charge in [-0.25, -0.2) is 0 Å². The van der Waals surface area contributed by atoms with Gasteiger partial charge in [0.2, 0.25) is 0 Å². The van der Waals surface area contributed by atoms with E-state index in [1.165, 1.54) is 12.1 Å². The maximum Gasteiger partial charge on any atom is 0.193 e. The summed E-state index contributed by atoms with van der Waals surface area (Å²) in [6.07, 6.45) is 0. The van der Waals surface area contributed by atoms with E-state index in [-0.39, 0.29) is 17.3 Å². The fourth-order valence-electron chi connectivity index (χ4n) is 2.32. The van der Waals surface area contributed by atoms with E-state index in [0.29, 0.717) is 27.3 Å². The third-order valence-electron chi connectivity index (χ3n) is 3.65. The molecule has 0 saturated heterocycles. The molecule has 0 atom stereocenters. The van der Waals surface area contributed by atoms with Gasteiger partial charge in [0, 0.05) is 27.3 Å². The molecule has 3 rings (SSSR count). The van der Waals surface area contributed by atoms with Gasteiger partial charge in [0.15, 0.2) is 11.6 Å². The number of carbonyl (C=O) groups is 2. The summed E-state index contributed by atoms with van der Waals surface area (Å²) >= 11 is 5.82. The van der Waals surface area contributed by atoms with Crippen molar-refractivity contribution in [3.8, 4) is 5.75 Å². The van der Waals surface area contributed by atoms with E-state index in [1.807, 2.05) is 0 Å². The van der Waals surface area contributed by atoms with E-state index >= 15 is 0 Å². The summed E-state index contributed by atoms with van der Waals surface area (Å²) in [5.41, 5.74) is 1.99. The molecule has 0 heterocycles. The summed E-state index contributed by atoms with van der Waals surface area (Å²) in [5, 5.41) is 9.85. The van der Waals surface area contributed by atoms with Crippen molar-refractivity contribution in [1.82, 2.24) is 0 Å². The van der Waals surface area contributed by atoms with E-state index < -0.39 is 0 Å². The molecule has 0 spiro atoms. The van der Waals surface area contributed by atoms with E-state index in [2.05, 4.69) is 0 Å². The molecule has 118 valence electrons. The number of ketones is 2. The fraction of sp³-hybridized carbons (Fsp3) is 0. The molecule has 4 heteroatoms. The zero-order chi connectivity index (χ0) is 17.1. The predicted octanol–water partition coefficient (Wildman–Crippen LogP) is 4.51. The summed E-state index contributed by atoms with van der Waals surface area (Å²) < 4.78 is 0. The van der Waals surface area contributed by atoms with Crippen LogP contribution in [0.1, 0.15) is 31.8 Å². The number of hydrogen-bond acceptors (Lipinski definition) is 3. The van der Waals surface area contributed by atoms with Crippen molar-refractivity contribution >= 4 is 23.2 Å². The second kappa shape index (κ2) is 6.69. The normalized spacial score (nSPS) is 10.4. The lowest BCUT2D eigenvalue weighted by atomic mass is 9.98. The molecule has 0 unspecified atom stereocenters. The molecule has 0 amide bonds. The quantitative estimate of drug-likeness (QED) is 0.713. The Bertz CT molecular complexity index is 803. The summed E-state index contributed by atoms with van der Waals surface area (Å²) in [5.74, 6) is -0.189. The third-order valence-corrected chi connectivity index (χ3v) is 3.90. The van der Waals surface area contributed by atoms with Crippen molar-refractivity contribution in [3.05, 3.63) is 100 Å². The minimum atomic E-state index is -0.166. The molecule has 0 radical (unpaired) electrons. The minimum absolute atomic E-state index is 0.107. The molecule has 3 nitrogen and oxygen atoms in total. The molecule has 3 aromatic rings. The Balaban J connectivity index is 1.82. The smallest absolute Gasteiger partial charge is 0.193 e. The van der Waals surface area contributed by atoms with Gasteiger partial charge in [-0.3, -0.25) is 9.59 Å². The van der Waals surface area contributed by atoms with Gasteiger partial charge >= 0.3 is 0 Å². The summed E-state index contributed by atoms with van der Waals surface area (Å²) in [6, 6.07) is 19.2. The first-order chi connectivity index (χ1) is 11.5. The lowest BCUT2D eigenvalue weighted by molar-refractivity contribution is 0.102. The van der Waals surface area contributed by atoms with Gasteiger partial charge in [-0.2, -0.15) is 0 Å². The van der Waals surface area contributed by atoms with Crippen LogP contribution in [0.3, 0.4) is 0 Å². The summed E-state index contributed by atoms with van der Waals surface area (Å²) in [6.45, 7) is 0. The minimum Gasteiger partial charge on any atom is -0.508 e. The van der Waals surface area contributed by atoms with Crippen LogP contribution in [0.25, 0.3) is 0 Å². The number of phenols is 1. The molecular formula is C20H13ClO3. The first-order valence-corrected chi connectivity index (χ1v) is 7.66.